The van der Waals surface area contributed by atoms with Crippen LogP contribution >= 0.6 is 0 Å². The lowest BCUT2D eigenvalue weighted by Gasteiger charge is -2.09. The Labute approximate surface area is 145 Å². The zero-order chi connectivity index (χ0) is 17.6. The Morgan fingerprint density at radius 3 is 2.64 bits per heavy atom. The molecule has 25 heavy (non-hydrogen) atoms. The predicted octanol–water partition coefficient (Wildman–Crippen LogP) is 0.685. The van der Waals surface area contributed by atoms with Gasteiger partial charge in [-0.3, -0.25) is 9.59 Å². The minimum absolute atomic E-state index is 0.102. The van der Waals surface area contributed by atoms with Crippen LogP contribution in [0, 0.1) is 0 Å². The number of benzene rings is 1. The van der Waals surface area contributed by atoms with Gasteiger partial charge >= 0.3 is 0 Å². The maximum Gasteiger partial charge on any atom is 0.243 e. The van der Waals surface area contributed by atoms with Crippen molar-refractivity contribution in [2.75, 3.05) is 18.4 Å². The fraction of sp³-hybridized carbons (Fsp3) is 0.412. The molecule has 132 valence electrons. The van der Waals surface area contributed by atoms with Crippen molar-refractivity contribution >= 4 is 17.5 Å². The van der Waals surface area contributed by atoms with E-state index in [1.165, 1.54) is 6.42 Å². The highest BCUT2D eigenvalue weighted by Gasteiger charge is 2.16. The molecule has 0 unspecified atom stereocenters. The Kier molecular flexibility index (Phi) is 5.39. The van der Waals surface area contributed by atoms with Gasteiger partial charge in [0.25, 0.3) is 0 Å². The Morgan fingerprint density at radius 2 is 1.88 bits per heavy atom. The Balaban J connectivity index is 1.66. The van der Waals surface area contributed by atoms with Crippen LogP contribution in [0.25, 0.3) is 11.4 Å². The Hall–Kier alpha value is -2.74. The molecule has 0 saturated carbocycles. The van der Waals surface area contributed by atoms with Crippen molar-refractivity contribution < 1.29 is 9.59 Å². The van der Waals surface area contributed by atoms with Gasteiger partial charge in [0.15, 0.2) is 5.82 Å². The van der Waals surface area contributed by atoms with Crippen molar-refractivity contribution in [1.29, 1.82) is 0 Å². The molecule has 1 aromatic carbocycles. The third-order valence-corrected chi connectivity index (χ3v) is 4.17. The number of nitrogens with one attached hydrogen (secondary N) is 2. The molecule has 2 aromatic rings. The van der Waals surface area contributed by atoms with Crippen molar-refractivity contribution in [1.82, 2.24) is 20.1 Å². The summed E-state index contributed by atoms with van der Waals surface area (Å²) < 4.78 is 2.18. The number of carbonyl (C=O) groups excluding carboxylic acids is 2. The first-order valence-corrected chi connectivity index (χ1v) is 8.46. The van der Waals surface area contributed by atoms with E-state index in [1.54, 1.807) is 0 Å². The number of aromatic nitrogens is 3. The molecule has 1 aliphatic heterocycles. The molecule has 0 aliphatic carbocycles. The number of aryl methyl sites for hydroxylation is 1. The van der Waals surface area contributed by atoms with E-state index >= 15 is 0 Å². The van der Waals surface area contributed by atoms with Crippen molar-refractivity contribution in [2.45, 2.75) is 32.2 Å². The summed E-state index contributed by atoms with van der Waals surface area (Å²) in [5, 5.41) is 13.8. The molecule has 0 atom stereocenters. The first-order chi connectivity index (χ1) is 12.2. The maximum absolute atomic E-state index is 11.8. The summed E-state index contributed by atoms with van der Waals surface area (Å²) in [6, 6.07) is 7.46. The number of rotatable bonds is 5. The van der Waals surface area contributed by atoms with Crippen molar-refractivity contribution in [3.8, 4) is 11.4 Å². The zero-order valence-electron chi connectivity index (χ0n) is 14.0. The van der Waals surface area contributed by atoms with Gasteiger partial charge in [-0.2, -0.15) is 0 Å². The van der Waals surface area contributed by atoms with E-state index in [0.717, 1.165) is 43.0 Å². The fourth-order valence-corrected chi connectivity index (χ4v) is 2.86. The summed E-state index contributed by atoms with van der Waals surface area (Å²) in [5.41, 5.74) is 6.80. The van der Waals surface area contributed by atoms with E-state index in [0.29, 0.717) is 5.69 Å². The van der Waals surface area contributed by atoms with Crippen molar-refractivity contribution in [3.63, 3.8) is 0 Å². The van der Waals surface area contributed by atoms with E-state index in [9.17, 15) is 9.59 Å². The average Bonchev–Trinajstić information content (AvgIpc) is 2.88. The summed E-state index contributed by atoms with van der Waals surface area (Å²) in [5.74, 6) is 1.24. The van der Waals surface area contributed by atoms with Crippen LogP contribution in [0.4, 0.5) is 5.69 Å². The monoisotopic (exact) mass is 342 g/mol. The lowest BCUT2D eigenvalue weighted by atomic mass is 10.2. The quantitative estimate of drug-likeness (QED) is 0.739. The summed E-state index contributed by atoms with van der Waals surface area (Å²) in [6.07, 6.45) is 4.48. The predicted molar refractivity (Wildman–Crippen MR) is 93.7 cm³/mol. The van der Waals surface area contributed by atoms with Crippen molar-refractivity contribution in [2.24, 2.45) is 5.73 Å². The first-order valence-electron chi connectivity index (χ1n) is 8.46. The molecule has 0 spiro atoms. The van der Waals surface area contributed by atoms with Crippen LogP contribution in [0.3, 0.4) is 0 Å². The highest BCUT2D eigenvalue weighted by Crippen LogP contribution is 2.23. The topological polar surface area (TPSA) is 115 Å². The minimum Gasteiger partial charge on any atom is -0.346 e. The molecule has 0 saturated heterocycles. The minimum atomic E-state index is -0.363. The van der Waals surface area contributed by atoms with Crippen LogP contribution in [-0.2, 0) is 22.6 Å². The molecule has 1 aromatic heterocycles. The molecular weight excluding hydrogens is 320 g/mol. The van der Waals surface area contributed by atoms with Gasteiger partial charge in [-0.25, -0.2) is 0 Å². The van der Waals surface area contributed by atoms with E-state index in [4.69, 9.17) is 5.73 Å². The van der Waals surface area contributed by atoms with E-state index < -0.39 is 0 Å². The number of amides is 2. The second-order valence-electron chi connectivity index (χ2n) is 6.01. The van der Waals surface area contributed by atoms with Gasteiger partial charge in [-0.05, 0) is 37.1 Å². The number of anilines is 1. The van der Waals surface area contributed by atoms with Crippen LogP contribution in [0.1, 0.15) is 25.1 Å². The molecule has 4 N–H and O–H groups in total. The van der Waals surface area contributed by atoms with Gasteiger partial charge in [0.2, 0.25) is 11.8 Å². The maximum atomic E-state index is 11.8. The smallest absolute Gasteiger partial charge is 0.243 e. The molecule has 0 fully saturated rings. The van der Waals surface area contributed by atoms with Crippen LogP contribution in [-0.4, -0.2) is 39.7 Å². The largest absolute Gasteiger partial charge is 0.346 e. The molecule has 8 nitrogen and oxygen atoms in total. The summed E-state index contributed by atoms with van der Waals surface area (Å²) in [6.45, 7) is 0.705. The molecular formula is C17H22N6O2. The Morgan fingerprint density at radius 1 is 1.08 bits per heavy atom. The third-order valence-electron chi connectivity index (χ3n) is 4.17. The highest BCUT2D eigenvalue weighted by atomic mass is 16.2. The lowest BCUT2D eigenvalue weighted by molar-refractivity contribution is -0.123. The van der Waals surface area contributed by atoms with Gasteiger partial charge in [-0.15, -0.1) is 10.2 Å². The van der Waals surface area contributed by atoms with Gasteiger partial charge < -0.3 is 20.9 Å². The summed E-state index contributed by atoms with van der Waals surface area (Å²) in [4.78, 5) is 22.8. The molecule has 1 aliphatic rings. The van der Waals surface area contributed by atoms with Gasteiger partial charge in [-0.1, -0.05) is 6.42 Å². The third kappa shape index (κ3) is 4.21. The first kappa shape index (κ1) is 17.1. The fourth-order valence-electron chi connectivity index (χ4n) is 2.86. The van der Waals surface area contributed by atoms with Crippen LogP contribution in [0.5, 0.6) is 0 Å². The van der Waals surface area contributed by atoms with E-state index in [1.807, 2.05) is 24.3 Å². The lowest BCUT2D eigenvalue weighted by Crippen LogP contribution is -2.36. The SMILES string of the molecule is NCC(=O)NCC(=O)Nc1ccc(-c2nnc3n2CCCCC3)cc1. The molecule has 0 bridgehead atoms. The number of hydrogen-bond donors (Lipinski definition) is 3. The molecule has 2 heterocycles. The van der Waals surface area contributed by atoms with Crippen molar-refractivity contribution in [3.05, 3.63) is 30.1 Å². The molecule has 8 heteroatoms. The summed E-state index contributed by atoms with van der Waals surface area (Å²) >= 11 is 0. The number of carbonyl (C=O) groups is 2. The second kappa shape index (κ2) is 7.89. The van der Waals surface area contributed by atoms with E-state index in [-0.39, 0.29) is 24.9 Å². The summed E-state index contributed by atoms with van der Waals surface area (Å²) in [7, 11) is 0. The zero-order valence-corrected chi connectivity index (χ0v) is 14.0. The van der Waals surface area contributed by atoms with Crippen LogP contribution in [0.15, 0.2) is 24.3 Å². The number of fused-ring (bicyclic) bond motifs is 1. The van der Waals surface area contributed by atoms with Gasteiger partial charge in [0, 0.05) is 24.2 Å². The van der Waals surface area contributed by atoms with Gasteiger partial charge in [0.05, 0.1) is 13.1 Å². The molecule has 2 amide bonds. The average molecular weight is 342 g/mol. The highest BCUT2D eigenvalue weighted by molar-refractivity contribution is 5.94. The van der Waals surface area contributed by atoms with Crippen LogP contribution in [0.2, 0.25) is 0 Å². The molecule has 3 rings (SSSR count). The number of nitrogens with two attached hydrogens (primary N) is 1. The number of nitrogens with zero attached hydrogens (tertiary/aromatic N) is 3. The number of hydrogen-bond acceptors (Lipinski definition) is 5. The van der Waals surface area contributed by atoms with E-state index in [2.05, 4.69) is 25.4 Å². The van der Waals surface area contributed by atoms with Crippen LogP contribution < -0.4 is 16.4 Å². The normalized spacial score (nSPS) is 13.6. The Bertz CT molecular complexity index is 753. The van der Waals surface area contributed by atoms with Gasteiger partial charge in [0.1, 0.15) is 5.82 Å². The standard InChI is InChI=1S/C17H22N6O2/c18-10-15(24)19-11-16(25)20-13-7-5-12(6-8-13)17-22-21-14-4-2-1-3-9-23(14)17/h5-8H,1-4,9-11,18H2,(H,19,24)(H,20,25). The second-order valence-corrected chi connectivity index (χ2v) is 6.01. The molecule has 0 radical (unpaired) electrons.